The average molecular weight is 198 g/mol. The van der Waals surface area contributed by atoms with Gasteiger partial charge in [0, 0.05) is 12.8 Å². The summed E-state index contributed by atoms with van der Waals surface area (Å²) >= 11 is 0. The van der Waals surface area contributed by atoms with Crippen LogP contribution in [0.3, 0.4) is 0 Å². The maximum absolute atomic E-state index is 2.36. The van der Waals surface area contributed by atoms with E-state index in [9.17, 15) is 0 Å². The predicted molar refractivity (Wildman–Crippen MR) is 65.4 cm³/mol. The Bertz CT molecular complexity index is 138. The molecule has 0 fully saturated rings. The van der Waals surface area contributed by atoms with Crippen molar-refractivity contribution in [2.45, 2.75) is 65.2 Å². The van der Waals surface area contributed by atoms with Gasteiger partial charge in [-0.05, 0) is 12.8 Å². The van der Waals surface area contributed by atoms with E-state index in [1.165, 1.54) is 57.9 Å². The lowest BCUT2D eigenvalue weighted by atomic mass is 10.1. The number of hydrogen-bond donors (Lipinski definition) is 0. The van der Waals surface area contributed by atoms with Crippen LogP contribution in [0.15, 0.2) is 0 Å². The molecule has 0 amide bonds. The molecule has 0 aromatic carbocycles. The molecule has 0 heterocycles. The fourth-order valence-corrected chi connectivity index (χ4v) is 1.57. The smallest absolute Gasteiger partial charge is 0.142 e. The van der Waals surface area contributed by atoms with Crippen molar-refractivity contribution in [1.29, 1.82) is 0 Å². The Kier molecular flexibility index (Phi) is 10.5. The molecule has 84 valence electrons. The summed E-state index contributed by atoms with van der Waals surface area (Å²) in [6, 6.07) is 0. The topological polar surface area (TPSA) is 3.01 Å². The molecule has 0 aromatic rings. The molecule has 0 N–H and O–H groups in total. The van der Waals surface area contributed by atoms with Crippen molar-refractivity contribution >= 4 is 6.21 Å². The second-order valence-electron chi connectivity index (χ2n) is 4.22. The standard InChI is InChI=1S/C13H28N/c1-4-6-8-9-11-13-14(3)12-10-7-5-2/h12H,4-11,13H2,1-3H3/q+1. The summed E-state index contributed by atoms with van der Waals surface area (Å²) in [5.41, 5.74) is 0. The molecule has 0 aliphatic carbocycles. The molecule has 1 heteroatoms. The Balaban J connectivity index is 3.25. The van der Waals surface area contributed by atoms with Gasteiger partial charge in [-0.2, -0.15) is 0 Å². The fourth-order valence-electron chi connectivity index (χ4n) is 1.57. The van der Waals surface area contributed by atoms with E-state index in [0.29, 0.717) is 0 Å². The molecule has 0 aliphatic rings. The van der Waals surface area contributed by atoms with Gasteiger partial charge in [0.25, 0.3) is 0 Å². The van der Waals surface area contributed by atoms with Crippen molar-refractivity contribution in [2.75, 3.05) is 13.6 Å². The minimum atomic E-state index is 1.24. The summed E-state index contributed by atoms with van der Waals surface area (Å²) in [6.45, 7) is 5.76. The van der Waals surface area contributed by atoms with Crippen LogP contribution >= 0.6 is 0 Å². The Morgan fingerprint density at radius 2 is 1.50 bits per heavy atom. The Labute approximate surface area is 90.2 Å². The van der Waals surface area contributed by atoms with Crippen molar-refractivity contribution in [3.8, 4) is 0 Å². The summed E-state index contributed by atoms with van der Waals surface area (Å²) in [4.78, 5) is 0. The first-order valence-corrected chi connectivity index (χ1v) is 6.34. The minimum Gasteiger partial charge on any atom is -0.242 e. The molecule has 0 aliphatic heterocycles. The molecule has 0 spiro atoms. The predicted octanol–water partition coefficient (Wildman–Crippen LogP) is 3.86. The van der Waals surface area contributed by atoms with Crippen LogP contribution in [0, 0.1) is 0 Å². The summed E-state index contributed by atoms with van der Waals surface area (Å²) in [5, 5.41) is 0. The largest absolute Gasteiger partial charge is 0.242 e. The van der Waals surface area contributed by atoms with Crippen molar-refractivity contribution in [1.82, 2.24) is 0 Å². The van der Waals surface area contributed by atoms with Crippen molar-refractivity contribution < 1.29 is 4.58 Å². The average Bonchev–Trinajstić information content (AvgIpc) is 2.18. The highest BCUT2D eigenvalue weighted by Gasteiger charge is 1.96. The van der Waals surface area contributed by atoms with Gasteiger partial charge < -0.3 is 0 Å². The maximum Gasteiger partial charge on any atom is 0.142 e. The van der Waals surface area contributed by atoms with Crippen molar-refractivity contribution in [2.24, 2.45) is 0 Å². The van der Waals surface area contributed by atoms with E-state index in [1.54, 1.807) is 0 Å². The molecule has 0 atom stereocenters. The van der Waals surface area contributed by atoms with E-state index in [4.69, 9.17) is 0 Å². The van der Waals surface area contributed by atoms with Gasteiger partial charge in [0.1, 0.15) is 19.8 Å². The SMILES string of the molecule is CCCCC=[N+](C)CCCCCCC. The number of unbranched alkanes of at least 4 members (excludes halogenated alkanes) is 6. The first kappa shape index (κ1) is 13.7. The molecule has 0 aromatic heterocycles. The van der Waals surface area contributed by atoms with E-state index in [2.05, 4.69) is 31.7 Å². The molecule has 14 heavy (non-hydrogen) atoms. The van der Waals surface area contributed by atoms with Crippen LogP contribution in [0.25, 0.3) is 0 Å². The summed E-state index contributed by atoms with van der Waals surface area (Å²) in [6.07, 6.45) is 13.2. The molecule has 0 bridgehead atoms. The van der Waals surface area contributed by atoms with E-state index >= 15 is 0 Å². The molecule has 0 rings (SSSR count). The Morgan fingerprint density at radius 1 is 0.857 bits per heavy atom. The highest BCUT2D eigenvalue weighted by molar-refractivity contribution is 5.50. The van der Waals surface area contributed by atoms with Gasteiger partial charge in [-0.1, -0.05) is 39.5 Å². The van der Waals surface area contributed by atoms with E-state index in [0.717, 1.165) is 0 Å². The van der Waals surface area contributed by atoms with Crippen molar-refractivity contribution in [3.05, 3.63) is 0 Å². The second kappa shape index (κ2) is 10.7. The first-order valence-electron chi connectivity index (χ1n) is 6.34. The molecule has 0 saturated heterocycles. The van der Waals surface area contributed by atoms with Gasteiger partial charge in [0.15, 0.2) is 0 Å². The second-order valence-corrected chi connectivity index (χ2v) is 4.22. The molecule has 0 radical (unpaired) electrons. The van der Waals surface area contributed by atoms with Crippen LogP contribution in [0.2, 0.25) is 0 Å². The molecule has 0 unspecified atom stereocenters. The number of rotatable bonds is 9. The third kappa shape index (κ3) is 9.76. The van der Waals surface area contributed by atoms with Gasteiger partial charge in [0.2, 0.25) is 0 Å². The zero-order valence-electron chi connectivity index (χ0n) is 10.4. The normalized spacial score (nSPS) is 12.1. The van der Waals surface area contributed by atoms with Crippen LogP contribution in [-0.2, 0) is 0 Å². The first-order chi connectivity index (χ1) is 6.81. The lowest BCUT2D eigenvalue weighted by Crippen LogP contribution is -2.08. The van der Waals surface area contributed by atoms with E-state index in [-0.39, 0.29) is 0 Å². The molecular formula is C13H28N+. The maximum atomic E-state index is 2.36. The van der Waals surface area contributed by atoms with Crippen LogP contribution in [0.4, 0.5) is 0 Å². The zero-order valence-corrected chi connectivity index (χ0v) is 10.4. The third-order valence-corrected chi connectivity index (χ3v) is 2.61. The van der Waals surface area contributed by atoms with Gasteiger partial charge in [0.05, 0.1) is 0 Å². The van der Waals surface area contributed by atoms with Crippen LogP contribution in [0.5, 0.6) is 0 Å². The molecule has 0 saturated carbocycles. The van der Waals surface area contributed by atoms with Crippen LogP contribution in [0.1, 0.15) is 65.2 Å². The quantitative estimate of drug-likeness (QED) is 0.301. The Morgan fingerprint density at radius 3 is 2.14 bits per heavy atom. The summed E-state index contributed by atoms with van der Waals surface area (Å²) in [7, 11) is 2.20. The highest BCUT2D eigenvalue weighted by Crippen LogP contribution is 2.01. The van der Waals surface area contributed by atoms with Crippen LogP contribution < -0.4 is 0 Å². The number of nitrogens with zero attached hydrogens (tertiary/aromatic N) is 1. The minimum absolute atomic E-state index is 1.24. The van der Waals surface area contributed by atoms with E-state index in [1.807, 2.05) is 0 Å². The lowest BCUT2D eigenvalue weighted by Gasteiger charge is -1.98. The van der Waals surface area contributed by atoms with Gasteiger partial charge in [-0.25, -0.2) is 4.58 Å². The van der Waals surface area contributed by atoms with Gasteiger partial charge in [-0.3, -0.25) is 0 Å². The van der Waals surface area contributed by atoms with Crippen molar-refractivity contribution in [3.63, 3.8) is 0 Å². The van der Waals surface area contributed by atoms with Gasteiger partial charge >= 0.3 is 0 Å². The summed E-state index contributed by atoms with van der Waals surface area (Å²) < 4.78 is 2.36. The zero-order chi connectivity index (χ0) is 10.6. The molecule has 1 nitrogen and oxygen atoms in total. The van der Waals surface area contributed by atoms with Crippen LogP contribution in [-0.4, -0.2) is 24.4 Å². The highest BCUT2D eigenvalue weighted by atomic mass is 14.9. The van der Waals surface area contributed by atoms with Gasteiger partial charge in [-0.15, -0.1) is 0 Å². The fraction of sp³-hybridized carbons (Fsp3) is 0.923. The monoisotopic (exact) mass is 198 g/mol. The Hall–Kier alpha value is -0.330. The van der Waals surface area contributed by atoms with E-state index < -0.39 is 0 Å². The number of hydrogen-bond acceptors (Lipinski definition) is 0. The third-order valence-electron chi connectivity index (χ3n) is 2.61. The molecular weight excluding hydrogens is 170 g/mol. The summed E-state index contributed by atoms with van der Waals surface area (Å²) in [5.74, 6) is 0. The lowest BCUT2D eigenvalue weighted by molar-refractivity contribution is -0.494.